The van der Waals surface area contributed by atoms with Crippen LogP contribution in [0.2, 0.25) is 0 Å². The Morgan fingerprint density at radius 2 is 1.84 bits per heavy atom. The van der Waals surface area contributed by atoms with Crippen LogP contribution in [0.1, 0.15) is 37.7 Å². The van der Waals surface area contributed by atoms with E-state index in [1.807, 2.05) is 30.1 Å². The quantitative estimate of drug-likeness (QED) is 0.904. The van der Waals surface area contributed by atoms with Gasteiger partial charge in [-0.05, 0) is 37.7 Å². The third-order valence-corrected chi connectivity index (χ3v) is 4.08. The van der Waals surface area contributed by atoms with Gasteiger partial charge in [-0.25, -0.2) is 0 Å². The maximum absolute atomic E-state index is 12.2. The highest BCUT2D eigenvalue weighted by molar-refractivity contribution is 5.76. The molecule has 3 heteroatoms. The van der Waals surface area contributed by atoms with Crippen molar-refractivity contribution in [1.82, 2.24) is 4.90 Å². The molecule has 0 spiro atoms. The van der Waals surface area contributed by atoms with Crippen molar-refractivity contribution < 1.29 is 9.90 Å². The van der Waals surface area contributed by atoms with E-state index in [-0.39, 0.29) is 12.0 Å². The fourth-order valence-corrected chi connectivity index (χ4v) is 2.72. The summed E-state index contributed by atoms with van der Waals surface area (Å²) in [6, 6.07) is 10.4. The van der Waals surface area contributed by atoms with Crippen molar-refractivity contribution in [2.45, 2.75) is 50.7 Å². The van der Waals surface area contributed by atoms with E-state index >= 15 is 0 Å². The van der Waals surface area contributed by atoms with Crippen LogP contribution in [-0.4, -0.2) is 35.1 Å². The van der Waals surface area contributed by atoms with Gasteiger partial charge in [0.25, 0.3) is 0 Å². The molecule has 3 nitrogen and oxygen atoms in total. The van der Waals surface area contributed by atoms with Crippen LogP contribution < -0.4 is 0 Å². The monoisotopic (exact) mass is 261 g/mol. The molecule has 19 heavy (non-hydrogen) atoms. The molecule has 0 aliphatic heterocycles. The molecule has 0 atom stereocenters. The van der Waals surface area contributed by atoms with Crippen LogP contribution in [0.15, 0.2) is 30.3 Å². The van der Waals surface area contributed by atoms with Gasteiger partial charge in [-0.1, -0.05) is 30.3 Å². The van der Waals surface area contributed by atoms with E-state index in [2.05, 4.69) is 12.1 Å². The van der Waals surface area contributed by atoms with Gasteiger partial charge in [-0.15, -0.1) is 0 Å². The third-order valence-electron chi connectivity index (χ3n) is 4.08. The number of aryl methyl sites for hydroxylation is 1. The summed E-state index contributed by atoms with van der Waals surface area (Å²) in [6.07, 6.45) is 4.70. The number of amides is 1. The lowest BCUT2D eigenvalue weighted by Gasteiger charge is -2.33. The van der Waals surface area contributed by atoms with Crippen molar-refractivity contribution >= 4 is 5.91 Å². The summed E-state index contributed by atoms with van der Waals surface area (Å²) in [4.78, 5) is 14.0. The molecule has 1 aliphatic rings. The summed E-state index contributed by atoms with van der Waals surface area (Å²) in [6.45, 7) is 0. The first kappa shape index (κ1) is 14.1. The molecule has 1 aromatic carbocycles. The molecule has 0 heterocycles. The Kier molecular flexibility index (Phi) is 4.97. The van der Waals surface area contributed by atoms with Crippen molar-refractivity contribution in [1.29, 1.82) is 0 Å². The number of aliphatic hydroxyl groups is 1. The van der Waals surface area contributed by atoms with Crippen LogP contribution in [0.5, 0.6) is 0 Å². The molecule has 1 saturated carbocycles. The van der Waals surface area contributed by atoms with E-state index in [1.54, 1.807) is 0 Å². The minimum absolute atomic E-state index is 0.163. The fraction of sp³-hybridized carbons (Fsp3) is 0.562. The highest BCUT2D eigenvalue weighted by Gasteiger charge is 2.25. The summed E-state index contributed by atoms with van der Waals surface area (Å²) < 4.78 is 0. The highest BCUT2D eigenvalue weighted by atomic mass is 16.3. The molecule has 1 N–H and O–H groups in total. The highest BCUT2D eigenvalue weighted by Crippen LogP contribution is 2.22. The van der Waals surface area contributed by atoms with Gasteiger partial charge in [0, 0.05) is 19.5 Å². The molecular weight excluding hydrogens is 238 g/mol. The van der Waals surface area contributed by atoms with E-state index in [1.165, 1.54) is 5.56 Å². The van der Waals surface area contributed by atoms with Crippen molar-refractivity contribution in [2.24, 2.45) is 0 Å². The topological polar surface area (TPSA) is 40.5 Å². The summed E-state index contributed by atoms with van der Waals surface area (Å²) >= 11 is 0. The van der Waals surface area contributed by atoms with E-state index in [0.717, 1.165) is 32.1 Å². The van der Waals surface area contributed by atoms with Gasteiger partial charge >= 0.3 is 0 Å². The van der Waals surface area contributed by atoms with Gasteiger partial charge in [0.1, 0.15) is 0 Å². The average molecular weight is 261 g/mol. The molecule has 2 rings (SSSR count). The number of nitrogens with zero attached hydrogens (tertiary/aromatic N) is 1. The van der Waals surface area contributed by atoms with Crippen LogP contribution in [0.25, 0.3) is 0 Å². The fourth-order valence-electron chi connectivity index (χ4n) is 2.72. The molecule has 0 unspecified atom stereocenters. The maximum Gasteiger partial charge on any atom is 0.222 e. The first-order valence-electron chi connectivity index (χ1n) is 7.14. The van der Waals surface area contributed by atoms with Crippen LogP contribution >= 0.6 is 0 Å². The predicted molar refractivity (Wildman–Crippen MR) is 75.8 cm³/mol. The van der Waals surface area contributed by atoms with Gasteiger partial charge in [0.05, 0.1) is 6.10 Å². The van der Waals surface area contributed by atoms with Crippen LogP contribution in [-0.2, 0) is 11.2 Å². The van der Waals surface area contributed by atoms with Gasteiger partial charge in [-0.3, -0.25) is 4.79 Å². The average Bonchev–Trinajstić information content (AvgIpc) is 2.46. The smallest absolute Gasteiger partial charge is 0.222 e. The number of aliphatic hydroxyl groups excluding tert-OH is 1. The number of benzene rings is 1. The summed E-state index contributed by atoms with van der Waals surface area (Å²) in [5.41, 5.74) is 1.21. The SMILES string of the molecule is CN(C(=O)CCc1ccccc1)C1CCC(O)CC1. The van der Waals surface area contributed by atoms with Crippen LogP contribution in [0.4, 0.5) is 0 Å². The van der Waals surface area contributed by atoms with E-state index < -0.39 is 0 Å². The largest absolute Gasteiger partial charge is 0.393 e. The maximum atomic E-state index is 12.2. The molecule has 0 bridgehead atoms. The van der Waals surface area contributed by atoms with Gasteiger partial charge in [0.15, 0.2) is 0 Å². The summed E-state index contributed by atoms with van der Waals surface area (Å²) in [5, 5.41) is 9.50. The van der Waals surface area contributed by atoms with Crippen LogP contribution in [0, 0.1) is 0 Å². The second kappa shape index (κ2) is 6.71. The molecule has 1 aromatic rings. The predicted octanol–water partition coefficient (Wildman–Crippen LogP) is 2.38. The number of carbonyl (C=O) groups is 1. The lowest BCUT2D eigenvalue weighted by molar-refractivity contribution is -0.133. The second-order valence-electron chi connectivity index (χ2n) is 5.45. The lowest BCUT2D eigenvalue weighted by Crippen LogP contribution is -2.40. The van der Waals surface area contributed by atoms with Crippen molar-refractivity contribution in [3.05, 3.63) is 35.9 Å². The normalized spacial score (nSPS) is 23.1. The molecule has 0 aromatic heterocycles. The molecule has 0 saturated heterocycles. The molecule has 1 aliphatic carbocycles. The number of carbonyl (C=O) groups excluding carboxylic acids is 1. The molecule has 1 amide bonds. The van der Waals surface area contributed by atoms with Crippen molar-refractivity contribution in [3.8, 4) is 0 Å². The second-order valence-corrected chi connectivity index (χ2v) is 5.45. The zero-order valence-electron chi connectivity index (χ0n) is 11.6. The standard InChI is InChI=1S/C16H23NO2/c1-17(14-8-10-15(18)11-9-14)16(19)12-7-13-5-3-2-4-6-13/h2-6,14-15,18H,7-12H2,1H3. The lowest BCUT2D eigenvalue weighted by atomic mass is 9.92. The van der Waals surface area contributed by atoms with E-state index in [4.69, 9.17) is 0 Å². The zero-order chi connectivity index (χ0) is 13.7. The Labute approximate surface area is 115 Å². The minimum atomic E-state index is -0.163. The molecular formula is C16H23NO2. The van der Waals surface area contributed by atoms with Gasteiger partial charge in [-0.2, -0.15) is 0 Å². The molecule has 0 radical (unpaired) electrons. The number of hydrogen-bond donors (Lipinski definition) is 1. The number of hydrogen-bond acceptors (Lipinski definition) is 2. The summed E-state index contributed by atoms with van der Waals surface area (Å²) in [7, 11) is 1.90. The Balaban J connectivity index is 1.79. The van der Waals surface area contributed by atoms with Crippen molar-refractivity contribution in [3.63, 3.8) is 0 Å². The molecule has 104 valence electrons. The van der Waals surface area contributed by atoms with E-state index in [9.17, 15) is 9.90 Å². The third kappa shape index (κ3) is 4.06. The van der Waals surface area contributed by atoms with Crippen LogP contribution in [0.3, 0.4) is 0 Å². The van der Waals surface area contributed by atoms with E-state index in [0.29, 0.717) is 12.5 Å². The Hall–Kier alpha value is -1.35. The zero-order valence-corrected chi connectivity index (χ0v) is 11.6. The minimum Gasteiger partial charge on any atom is -0.393 e. The Bertz CT molecular complexity index is 396. The van der Waals surface area contributed by atoms with Crippen molar-refractivity contribution in [2.75, 3.05) is 7.05 Å². The molecule has 1 fully saturated rings. The van der Waals surface area contributed by atoms with Gasteiger partial charge < -0.3 is 10.0 Å². The summed E-state index contributed by atoms with van der Waals surface area (Å²) in [5.74, 6) is 0.213. The Morgan fingerprint density at radius 1 is 1.21 bits per heavy atom. The first-order chi connectivity index (χ1) is 9.16. The first-order valence-corrected chi connectivity index (χ1v) is 7.14. The van der Waals surface area contributed by atoms with Gasteiger partial charge in [0.2, 0.25) is 5.91 Å². The Morgan fingerprint density at radius 3 is 2.47 bits per heavy atom. The number of rotatable bonds is 4.